The lowest BCUT2D eigenvalue weighted by atomic mass is 9.89. The first-order valence-corrected chi connectivity index (χ1v) is 12.8. The Bertz CT molecular complexity index is 1180. The molecule has 2 aliphatic heterocycles. The molecule has 168 valence electrons. The molecule has 32 heavy (non-hydrogen) atoms. The molecule has 0 spiro atoms. The summed E-state index contributed by atoms with van der Waals surface area (Å²) in [5, 5.41) is 0.210. The minimum Gasteiger partial charge on any atom is -0.493 e. The molecule has 7 nitrogen and oxygen atoms in total. The van der Waals surface area contributed by atoms with E-state index >= 15 is 0 Å². The van der Waals surface area contributed by atoms with Crippen LogP contribution in [0.5, 0.6) is 5.75 Å². The predicted molar refractivity (Wildman–Crippen MR) is 120 cm³/mol. The van der Waals surface area contributed by atoms with Crippen LogP contribution in [-0.2, 0) is 10.0 Å². The summed E-state index contributed by atoms with van der Waals surface area (Å²) in [5.74, 6) is 0.551. The van der Waals surface area contributed by atoms with Gasteiger partial charge in [0, 0.05) is 48.2 Å². The van der Waals surface area contributed by atoms with E-state index in [0.29, 0.717) is 31.7 Å². The van der Waals surface area contributed by atoms with Crippen LogP contribution < -0.4 is 9.46 Å². The third kappa shape index (κ3) is 4.22. The SMILES string of the molecule is O=S(=O)(Nc1ncns1)c1ccc2c(c1)OCC[C@@H]2N1CC[C@@H](F)C[C@H]1c1ccccc1. The molecule has 1 aromatic heterocycles. The Hall–Kier alpha value is -2.56. The van der Waals surface area contributed by atoms with Gasteiger partial charge in [0.05, 0.1) is 11.5 Å². The summed E-state index contributed by atoms with van der Waals surface area (Å²) in [4.78, 5) is 6.33. The van der Waals surface area contributed by atoms with Gasteiger partial charge in [-0.15, -0.1) is 0 Å². The molecule has 0 amide bonds. The third-order valence-electron chi connectivity index (χ3n) is 6.05. The highest BCUT2D eigenvalue weighted by Crippen LogP contribution is 2.44. The zero-order chi connectivity index (χ0) is 22.1. The maximum absolute atomic E-state index is 14.4. The molecular formula is C22H23FN4O3S2. The summed E-state index contributed by atoms with van der Waals surface area (Å²) in [6.07, 6.45) is 2.19. The molecule has 3 heterocycles. The van der Waals surface area contributed by atoms with Gasteiger partial charge in [0.1, 0.15) is 18.2 Å². The maximum atomic E-state index is 14.4. The number of likely N-dealkylation sites (tertiary alicyclic amines) is 1. The van der Waals surface area contributed by atoms with Crippen LogP contribution in [0.25, 0.3) is 0 Å². The van der Waals surface area contributed by atoms with Gasteiger partial charge in [-0.2, -0.15) is 4.37 Å². The van der Waals surface area contributed by atoms with Crippen molar-refractivity contribution in [1.82, 2.24) is 14.3 Å². The number of nitrogens with one attached hydrogen (secondary N) is 1. The molecule has 2 aliphatic rings. The lowest BCUT2D eigenvalue weighted by molar-refractivity contribution is 0.0344. The summed E-state index contributed by atoms with van der Waals surface area (Å²) in [7, 11) is -3.81. The number of piperidine rings is 1. The van der Waals surface area contributed by atoms with Gasteiger partial charge >= 0.3 is 0 Å². The zero-order valence-electron chi connectivity index (χ0n) is 17.2. The number of hydrogen-bond donors (Lipinski definition) is 1. The number of anilines is 1. The highest BCUT2D eigenvalue weighted by molar-refractivity contribution is 7.93. The van der Waals surface area contributed by atoms with Crippen LogP contribution in [0.1, 0.15) is 42.5 Å². The molecule has 5 rings (SSSR count). The molecule has 1 saturated heterocycles. The van der Waals surface area contributed by atoms with Gasteiger partial charge in [-0.05, 0) is 24.5 Å². The second-order valence-electron chi connectivity index (χ2n) is 7.99. The monoisotopic (exact) mass is 474 g/mol. The summed E-state index contributed by atoms with van der Waals surface area (Å²) in [5.41, 5.74) is 2.03. The van der Waals surface area contributed by atoms with Crippen molar-refractivity contribution >= 4 is 26.7 Å². The van der Waals surface area contributed by atoms with E-state index in [9.17, 15) is 12.8 Å². The predicted octanol–water partition coefficient (Wildman–Crippen LogP) is 4.34. The Kier molecular flexibility index (Phi) is 5.83. The van der Waals surface area contributed by atoms with E-state index in [1.807, 2.05) is 36.4 Å². The first kappa shape index (κ1) is 21.3. The van der Waals surface area contributed by atoms with Gasteiger partial charge in [-0.25, -0.2) is 17.8 Å². The Morgan fingerprint density at radius 1 is 1.12 bits per heavy atom. The summed E-state index contributed by atoms with van der Waals surface area (Å²) in [6.45, 7) is 1.12. The van der Waals surface area contributed by atoms with Crippen molar-refractivity contribution in [3.05, 3.63) is 66.0 Å². The van der Waals surface area contributed by atoms with Crippen molar-refractivity contribution in [3.8, 4) is 5.75 Å². The van der Waals surface area contributed by atoms with Gasteiger partial charge in [-0.3, -0.25) is 9.62 Å². The normalized spacial score (nSPS) is 23.8. The molecule has 10 heteroatoms. The van der Waals surface area contributed by atoms with Crippen molar-refractivity contribution in [2.75, 3.05) is 17.9 Å². The van der Waals surface area contributed by atoms with Crippen LogP contribution in [0.4, 0.5) is 9.52 Å². The maximum Gasteiger partial charge on any atom is 0.263 e. The van der Waals surface area contributed by atoms with Gasteiger partial charge in [-0.1, -0.05) is 36.4 Å². The van der Waals surface area contributed by atoms with Gasteiger partial charge < -0.3 is 4.74 Å². The number of rotatable bonds is 5. The zero-order valence-corrected chi connectivity index (χ0v) is 18.9. The Morgan fingerprint density at radius 2 is 1.97 bits per heavy atom. The molecular weight excluding hydrogens is 451 g/mol. The van der Waals surface area contributed by atoms with E-state index in [4.69, 9.17) is 4.74 Å². The highest BCUT2D eigenvalue weighted by Gasteiger charge is 2.37. The van der Waals surface area contributed by atoms with Crippen LogP contribution in [0, 0.1) is 0 Å². The molecule has 3 aromatic rings. The number of alkyl halides is 1. The molecule has 1 N–H and O–H groups in total. The minimum atomic E-state index is -3.81. The first-order valence-electron chi connectivity index (χ1n) is 10.5. The van der Waals surface area contributed by atoms with Crippen molar-refractivity contribution < 1.29 is 17.5 Å². The second kappa shape index (κ2) is 8.76. The molecule has 0 saturated carbocycles. The first-order chi connectivity index (χ1) is 15.5. The Morgan fingerprint density at radius 3 is 2.75 bits per heavy atom. The summed E-state index contributed by atoms with van der Waals surface area (Å²) in [6, 6.07) is 15.0. The van der Waals surface area contributed by atoms with E-state index in [1.54, 1.807) is 12.1 Å². The van der Waals surface area contributed by atoms with Crippen molar-refractivity contribution in [2.24, 2.45) is 0 Å². The fraction of sp³-hybridized carbons (Fsp3) is 0.364. The quantitative estimate of drug-likeness (QED) is 0.592. The van der Waals surface area contributed by atoms with Gasteiger partial charge in [0.25, 0.3) is 10.0 Å². The van der Waals surface area contributed by atoms with Crippen LogP contribution >= 0.6 is 11.5 Å². The molecule has 0 bridgehead atoms. The second-order valence-corrected chi connectivity index (χ2v) is 10.5. The number of benzene rings is 2. The van der Waals surface area contributed by atoms with E-state index in [2.05, 4.69) is 19.0 Å². The van der Waals surface area contributed by atoms with Gasteiger partial charge in [0.15, 0.2) is 0 Å². The number of fused-ring (bicyclic) bond motifs is 1. The van der Waals surface area contributed by atoms with Crippen molar-refractivity contribution in [3.63, 3.8) is 0 Å². The van der Waals surface area contributed by atoms with Crippen LogP contribution in [-0.4, -0.2) is 42.0 Å². The highest BCUT2D eigenvalue weighted by atomic mass is 32.2. The topological polar surface area (TPSA) is 84.4 Å². The van der Waals surface area contributed by atoms with Crippen LogP contribution in [0.15, 0.2) is 59.8 Å². The number of hydrogen-bond acceptors (Lipinski definition) is 7. The Balaban J connectivity index is 1.45. The van der Waals surface area contributed by atoms with Crippen molar-refractivity contribution in [2.45, 2.75) is 42.4 Å². The minimum absolute atomic E-state index is 0.0293. The number of halogens is 1. The fourth-order valence-electron chi connectivity index (χ4n) is 4.57. The lowest BCUT2D eigenvalue weighted by Gasteiger charge is -2.44. The van der Waals surface area contributed by atoms with E-state index < -0.39 is 16.2 Å². The standard InChI is InChI=1S/C22H23FN4O3S2/c23-16-8-10-27(20(12-16)15-4-2-1-3-5-15)19-9-11-30-21-13-17(6-7-18(19)21)32(28,29)26-22-24-14-25-31-22/h1-7,13-14,16,19-20H,8-12H2,(H,24,25,26)/t16-,19+,20+/m1/s1. The fourth-order valence-corrected chi connectivity index (χ4v) is 6.25. The van der Waals surface area contributed by atoms with Crippen molar-refractivity contribution in [1.29, 1.82) is 0 Å². The molecule has 2 aromatic carbocycles. The average molecular weight is 475 g/mol. The van der Waals surface area contributed by atoms with Crippen LogP contribution in [0.2, 0.25) is 0 Å². The summed E-state index contributed by atoms with van der Waals surface area (Å²) < 4.78 is 52.0. The number of ether oxygens (including phenoxy) is 1. The number of nitrogens with zero attached hydrogens (tertiary/aromatic N) is 3. The molecule has 1 fully saturated rings. The largest absolute Gasteiger partial charge is 0.493 e. The average Bonchev–Trinajstić information content (AvgIpc) is 3.31. The molecule has 0 unspecified atom stereocenters. The smallest absolute Gasteiger partial charge is 0.263 e. The lowest BCUT2D eigenvalue weighted by Crippen LogP contribution is -2.41. The molecule has 3 atom stereocenters. The van der Waals surface area contributed by atoms with E-state index in [-0.39, 0.29) is 22.1 Å². The molecule has 0 radical (unpaired) electrons. The number of sulfonamides is 1. The number of aromatic nitrogens is 2. The third-order valence-corrected chi connectivity index (χ3v) is 8.10. The summed E-state index contributed by atoms with van der Waals surface area (Å²) >= 11 is 0.971. The van der Waals surface area contributed by atoms with E-state index in [0.717, 1.165) is 29.1 Å². The molecule has 0 aliphatic carbocycles. The Labute approximate surface area is 190 Å². The van der Waals surface area contributed by atoms with Crippen LogP contribution in [0.3, 0.4) is 0 Å². The van der Waals surface area contributed by atoms with Gasteiger partial charge in [0.2, 0.25) is 5.13 Å². The van der Waals surface area contributed by atoms with E-state index in [1.165, 1.54) is 6.33 Å².